The fourth-order valence-electron chi connectivity index (χ4n) is 3.18. The maximum Gasteiger partial charge on any atom is 0.251 e. The quantitative estimate of drug-likeness (QED) is 0.638. The minimum Gasteiger partial charge on any atom is -0.354 e. The number of halogens is 2. The zero-order valence-corrected chi connectivity index (χ0v) is 17.9. The zero-order valence-electron chi connectivity index (χ0n) is 16.3. The lowest BCUT2D eigenvalue weighted by atomic mass is 9.81. The van der Waals surface area contributed by atoms with Crippen LogP contribution in [0.3, 0.4) is 0 Å². The van der Waals surface area contributed by atoms with E-state index in [0.29, 0.717) is 29.5 Å². The van der Waals surface area contributed by atoms with Gasteiger partial charge in [-0.05, 0) is 68.0 Å². The van der Waals surface area contributed by atoms with Crippen LogP contribution in [0, 0.1) is 11.3 Å². The number of carbonyl (C=O) groups is 2. The topological polar surface area (TPSA) is 70.2 Å². The molecule has 3 N–H and O–H groups in total. The first-order valence-electron chi connectivity index (χ1n) is 9.34. The van der Waals surface area contributed by atoms with Gasteiger partial charge in [0.05, 0.1) is 0 Å². The van der Waals surface area contributed by atoms with Crippen LogP contribution in [0.1, 0.15) is 50.4 Å². The SMILES string of the molecule is CC(C)CC(NC(=O)c1ccc(Cl)cc1)C(=O)NCC1(C)CCNCC1.Cl. The van der Waals surface area contributed by atoms with Gasteiger partial charge in [0, 0.05) is 17.1 Å². The largest absolute Gasteiger partial charge is 0.354 e. The predicted octanol–water partition coefficient (Wildman–Crippen LogP) is 3.41. The van der Waals surface area contributed by atoms with Gasteiger partial charge in [-0.2, -0.15) is 0 Å². The number of rotatable bonds is 7. The summed E-state index contributed by atoms with van der Waals surface area (Å²) in [7, 11) is 0. The van der Waals surface area contributed by atoms with Crippen molar-refractivity contribution in [1.29, 1.82) is 0 Å². The predicted molar refractivity (Wildman–Crippen MR) is 113 cm³/mol. The van der Waals surface area contributed by atoms with E-state index in [2.05, 4.69) is 22.9 Å². The molecule has 1 aromatic carbocycles. The normalized spacial score (nSPS) is 16.9. The van der Waals surface area contributed by atoms with Crippen LogP contribution in [0.2, 0.25) is 5.02 Å². The van der Waals surface area contributed by atoms with E-state index in [4.69, 9.17) is 11.6 Å². The van der Waals surface area contributed by atoms with E-state index in [9.17, 15) is 9.59 Å². The number of piperidine rings is 1. The van der Waals surface area contributed by atoms with Crippen LogP contribution < -0.4 is 16.0 Å². The summed E-state index contributed by atoms with van der Waals surface area (Å²) in [6, 6.07) is 6.14. The molecule has 0 radical (unpaired) electrons. The molecule has 27 heavy (non-hydrogen) atoms. The smallest absolute Gasteiger partial charge is 0.251 e. The Morgan fingerprint density at radius 3 is 2.33 bits per heavy atom. The highest BCUT2D eigenvalue weighted by Gasteiger charge is 2.29. The molecule has 1 aliphatic rings. The molecule has 0 aliphatic carbocycles. The second-order valence-corrected chi connectivity index (χ2v) is 8.38. The number of nitrogens with one attached hydrogen (secondary N) is 3. The van der Waals surface area contributed by atoms with E-state index in [1.54, 1.807) is 24.3 Å². The fraction of sp³-hybridized carbons (Fsp3) is 0.600. The van der Waals surface area contributed by atoms with Crippen LogP contribution in [0.15, 0.2) is 24.3 Å². The Morgan fingerprint density at radius 2 is 1.78 bits per heavy atom. The molecule has 1 aromatic rings. The van der Waals surface area contributed by atoms with Gasteiger partial charge >= 0.3 is 0 Å². The first kappa shape index (κ1) is 23.7. The summed E-state index contributed by atoms with van der Waals surface area (Å²) < 4.78 is 0. The molecule has 1 atom stereocenters. The molecule has 5 nitrogen and oxygen atoms in total. The first-order chi connectivity index (χ1) is 12.3. The summed E-state index contributed by atoms with van der Waals surface area (Å²) in [5, 5.41) is 9.86. The molecule has 0 aromatic heterocycles. The van der Waals surface area contributed by atoms with Gasteiger partial charge in [-0.3, -0.25) is 9.59 Å². The monoisotopic (exact) mass is 415 g/mol. The van der Waals surface area contributed by atoms with E-state index in [0.717, 1.165) is 25.9 Å². The van der Waals surface area contributed by atoms with E-state index in [1.807, 2.05) is 13.8 Å². The molecular formula is C20H31Cl2N3O2. The van der Waals surface area contributed by atoms with Crippen LogP contribution in [0.25, 0.3) is 0 Å². The van der Waals surface area contributed by atoms with Crippen molar-refractivity contribution >= 4 is 35.8 Å². The van der Waals surface area contributed by atoms with Crippen molar-refractivity contribution in [2.75, 3.05) is 19.6 Å². The highest BCUT2D eigenvalue weighted by atomic mass is 35.5. The molecule has 1 fully saturated rings. The van der Waals surface area contributed by atoms with Gasteiger partial charge in [0.25, 0.3) is 5.91 Å². The minimum atomic E-state index is -0.538. The Kier molecular flexibility index (Phi) is 9.57. The number of hydrogen-bond donors (Lipinski definition) is 3. The number of amides is 2. The lowest BCUT2D eigenvalue weighted by Gasteiger charge is -2.34. The standard InChI is InChI=1S/C20H30ClN3O2.ClH/c1-14(2)12-17(24-18(25)15-4-6-16(21)7-5-15)19(26)23-13-20(3)8-10-22-11-9-20;/h4-7,14,17,22H,8-13H2,1-3H3,(H,23,26)(H,24,25);1H. The molecule has 1 heterocycles. The maximum absolute atomic E-state index is 12.7. The molecule has 1 unspecified atom stereocenters. The summed E-state index contributed by atoms with van der Waals surface area (Å²) >= 11 is 5.87. The van der Waals surface area contributed by atoms with Crippen LogP contribution in [-0.2, 0) is 4.79 Å². The molecule has 1 aliphatic heterocycles. The van der Waals surface area contributed by atoms with E-state index in [1.165, 1.54) is 0 Å². The highest BCUT2D eigenvalue weighted by molar-refractivity contribution is 6.30. The second kappa shape index (κ2) is 10.9. The average molecular weight is 416 g/mol. The summed E-state index contributed by atoms with van der Waals surface area (Å²) in [4.78, 5) is 25.2. The van der Waals surface area contributed by atoms with Crippen molar-refractivity contribution < 1.29 is 9.59 Å². The van der Waals surface area contributed by atoms with Crippen molar-refractivity contribution in [2.24, 2.45) is 11.3 Å². The average Bonchev–Trinajstić information content (AvgIpc) is 2.60. The van der Waals surface area contributed by atoms with Gasteiger partial charge < -0.3 is 16.0 Å². The van der Waals surface area contributed by atoms with E-state index < -0.39 is 6.04 Å². The van der Waals surface area contributed by atoms with Gasteiger partial charge in [-0.25, -0.2) is 0 Å². The number of carbonyl (C=O) groups excluding carboxylic acids is 2. The summed E-state index contributed by atoms with van der Waals surface area (Å²) in [6.07, 6.45) is 2.68. The van der Waals surface area contributed by atoms with Crippen molar-refractivity contribution in [3.8, 4) is 0 Å². The fourth-order valence-corrected chi connectivity index (χ4v) is 3.30. The minimum absolute atomic E-state index is 0. The highest BCUT2D eigenvalue weighted by Crippen LogP contribution is 2.26. The van der Waals surface area contributed by atoms with Gasteiger partial charge in [0.2, 0.25) is 5.91 Å². The number of hydrogen-bond acceptors (Lipinski definition) is 3. The van der Waals surface area contributed by atoms with Crippen molar-refractivity contribution in [2.45, 2.75) is 46.1 Å². The summed E-state index contributed by atoms with van der Waals surface area (Å²) in [6.45, 7) is 8.90. The van der Waals surface area contributed by atoms with Crippen molar-refractivity contribution in [3.05, 3.63) is 34.9 Å². The molecule has 7 heteroatoms. The van der Waals surface area contributed by atoms with Gasteiger partial charge in [0.1, 0.15) is 6.04 Å². The molecule has 2 rings (SSSR count). The molecular weight excluding hydrogens is 385 g/mol. The third-order valence-electron chi connectivity index (χ3n) is 4.94. The van der Waals surface area contributed by atoms with Crippen LogP contribution in [0.5, 0.6) is 0 Å². The molecule has 0 bridgehead atoms. The summed E-state index contributed by atoms with van der Waals surface area (Å²) in [5.74, 6) is -0.0675. The van der Waals surface area contributed by atoms with Crippen LogP contribution in [0.4, 0.5) is 0 Å². The van der Waals surface area contributed by atoms with Crippen LogP contribution >= 0.6 is 24.0 Å². The molecule has 0 saturated carbocycles. The third kappa shape index (κ3) is 7.68. The van der Waals surface area contributed by atoms with Gasteiger partial charge in [-0.15, -0.1) is 12.4 Å². The molecule has 2 amide bonds. The molecule has 152 valence electrons. The van der Waals surface area contributed by atoms with Crippen molar-refractivity contribution in [1.82, 2.24) is 16.0 Å². The van der Waals surface area contributed by atoms with Crippen LogP contribution in [-0.4, -0.2) is 37.5 Å². The zero-order chi connectivity index (χ0) is 19.2. The first-order valence-corrected chi connectivity index (χ1v) is 9.72. The number of benzene rings is 1. The molecule has 0 spiro atoms. The molecule has 1 saturated heterocycles. The van der Waals surface area contributed by atoms with E-state index in [-0.39, 0.29) is 29.6 Å². The Hall–Kier alpha value is -1.30. The Labute approximate surface area is 173 Å². The van der Waals surface area contributed by atoms with Gasteiger partial charge in [0.15, 0.2) is 0 Å². The Morgan fingerprint density at radius 1 is 1.19 bits per heavy atom. The third-order valence-corrected chi connectivity index (χ3v) is 5.19. The lowest BCUT2D eigenvalue weighted by molar-refractivity contribution is -0.123. The maximum atomic E-state index is 12.7. The Bertz CT molecular complexity index is 614. The van der Waals surface area contributed by atoms with E-state index >= 15 is 0 Å². The van der Waals surface area contributed by atoms with Gasteiger partial charge in [-0.1, -0.05) is 32.4 Å². The van der Waals surface area contributed by atoms with Crippen molar-refractivity contribution in [3.63, 3.8) is 0 Å². The second-order valence-electron chi connectivity index (χ2n) is 7.94. The summed E-state index contributed by atoms with van der Waals surface area (Å²) in [5.41, 5.74) is 0.616. The Balaban J connectivity index is 0.00000364. The lowest BCUT2D eigenvalue weighted by Crippen LogP contribution is -2.50.